The van der Waals surface area contributed by atoms with Gasteiger partial charge in [0.05, 0.1) is 16.1 Å². The molecule has 32 heavy (non-hydrogen) atoms. The van der Waals surface area contributed by atoms with E-state index in [4.69, 9.17) is 11.6 Å². The summed E-state index contributed by atoms with van der Waals surface area (Å²) in [4.78, 5) is 12.9. The first-order chi connectivity index (χ1) is 15.1. The van der Waals surface area contributed by atoms with Crippen LogP contribution in [0, 0.1) is 0 Å². The van der Waals surface area contributed by atoms with E-state index in [-0.39, 0.29) is 22.9 Å². The number of hydrogen-bond acceptors (Lipinski definition) is 3. The Morgan fingerprint density at radius 3 is 2.47 bits per heavy atom. The highest BCUT2D eigenvalue weighted by atomic mass is 35.5. The molecule has 0 saturated carbocycles. The molecule has 10 heteroatoms. The number of carbonyl (C=O) groups excluding carboxylic acids is 1. The first-order valence-electron chi connectivity index (χ1n) is 9.75. The Hall–Kier alpha value is -2.62. The van der Waals surface area contributed by atoms with E-state index in [1.807, 2.05) is 12.1 Å². The summed E-state index contributed by atoms with van der Waals surface area (Å²) in [5, 5.41) is 3.71. The summed E-state index contributed by atoms with van der Waals surface area (Å²) in [5.41, 5.74) is -1.57. The number of nitrogens with zero attached hydrogens (tertiary/aromatic N) is 1. The molecule has 3 aromatic carbocycles. The first-order valence-corrected chi connectivity index (χ1v) is 11.6. The van der Waals surface area contributed by atoms with Crippen molar-refractivity contribution >= 4 is 44.0 Å². The summed E-state index contributed by atoms with van der Waals surface area (Å²) in [7, 11) is -4.03. The summed E-state index contributed by atoms with van der Waals surface area (Å²) < 4.78 is 67.6. The second-order valence-corrected chi connectivity index (χ2v) is 9.79. The number of benzene rings is 3. The fourth-order valence-corrected chi connectivity index (χ4v) is 5.69. The summed E-state index contributed by atoms with van der Waals surface area (Å²) >= 11 is 5.68. The van der Waals surface area contributed by atoms with E-state index in [2.05, 4.69) is 5.32 Å². The zero-order valence-electron chi connectivity index (χ0n) is 16.6. The lowest BCUT2D eigenvalue weighted by molar-refractivity contribution is -0.137. The number of carbonyl (C=O) groups is 1. The second-order valence-electron chi connectivity index (χ2n) is 7.46. The van der Waals surface area contributed by atoms with Crippen molar-refractivity contribution in [3.8, 4) is 0 Å². The number of sulfonamides is 1. The predicted octanol–water partition coefficient (Wildman–Crippen LogP) is 5.30. The number of anilines is 1. The van der Waals surface area contributed by atoms with Gasteiger partial charge in [-0.05, 0) is 53.9 Å². The van der Waals surface area contributed by atoms with Crippen molar-refractivity contribution in [2.45, 2.75) is 30.0 Å². The predicted molar refractivity (Wildman–Crippen MR) is 116 cm³/mol. The van der Waals surface area contributed by atoms with Crippen LogP contribution in [0.1, 0.15) is 18.4 Å². The van der Waals surface area contributed by atoms with Crippen molar-refractivity contribution in [1.29, 1.82) is 0 Å². The third kappa shape index (κ3) is 4.32. The van der Waals surface area contributed by atoms with Crippen LogP contribution < -0.4 is 5.32 Å². The molecule has 0 aromatic heterocycles. The van der Waals surface area contributed by atoms with Gasteiger partial charge in [0.1, 0.15) is 6.04 Å². The van der Waals surface area contributed by atoms with Crippen LogP contribution >= 0.6 is 11.6 Å². The van der Waals surface area contributed by atoms with Crippen LogP contribution in [0.25, 0.3) is 10.8 Å². The molecular weight excluding hydrogens is 465 g/mol. The normalized spacial score (nSPS) is 17.6. The van der Waals surface area contributed by atoms with Gasteiger partial charge >= 0.3 is 6.18 Å². The highest BCUT2D eigenvalue weighted by molar-refractivity contribution is 7.89. The van der Waals surface area contributed by atoms with Gasteiger partial charge in [-0.3, -0.25) is 4.79 Å². The molecule has 1 aliphatic heterocycles. The number of nitrogens with one attached hydrogen (secondary N) is 1. The Kier molecular flexibility index (Phi) is 5.91. The largest absolute Gasteiger partial charge is 0.418 e. The minimum atomic E-state index is -4.74. The van der Waals surface area contributed by atoms with Crippen molar-refractivity contribution in [3.05, 3.63) is 71.2 Å². The third-order valence-corrected chi connectivity index (χ3v) is 7.52. The second kappa shape index (κ2) is 8.38. The summed E-state index contributed by atoms with van der Waals surface area (Å²) in [6.07, 6.45) is -4.12. The summed E-state index contributed by atoms with van der Waals surface area (Å²) in [6.45, 7) is 0.0972. The Labute approximate surface area is 187 Å². The third-order valence-electron chi connectivity index (χ3n) is 5.38. The number of hydrogen-bond donors (Lipinski definition) is 1. The molecule has 1 aliphatic rings. The van der Waals surface area contributed by atoms with E-state index in [0.29, 0.717) is 6.42 Å². The number of halogens is 4. The van der Waals surface area contributed by atoms with Crippen LogP contribution in [-0.4, -0.2) is 31.2 Å². The Morgan fingerprint density at radius 1 is 1.03 bits per heavy atom. The van der Waals surface area contributed by atoms with Gasteiger partial charge in [-0.25, -0.2) is 8.42 Å². The zero-order chi connectivity index (χ0) is 23.1. The van der Waals surface area contributed by atoms with Crippen LogP contribution in [0.3, 0.4) is 0 Å². The van der Waals surface area contributed by atoms with Gasteiger partial charge in [0, 0.05) is 11.6 Å². The van der Waals surface area contributed by atoms with E-state index < -0.39 is 39.4 Å². The Bertz CT molecular complexity index is 1300. The molecule has 1 fully saturated rings. The molecule has 3 aromatic rings. The van der Waals surface area contributed by atoms with E-state index in [1.54, 1.807) is 18.2 Å². The lowest BCUT2D eigenvalue weighted by atomic mass is 10.1. The Balaban J connectivity index is 1.63. The zero-order valence-corrected chi connectivity index (χ0v) is 18.1. The van der Waals surface area contributed by atoms with Crippen LogP contribution in [0.5, 0.6) is 0 Å². The minimum Gasteiger partial charge on any atom is -0.324 e. The molecule has 168 valence electrons. The SMILES string of the molecule is O=C(Nc1ccc(Cl)cc1C(F)(F)F)[C@@H]1CCCN1S(=O)(=O)c1ccc2ccccc2c1. The molecule has 0 spiro atoms. The monoisotopic (exact) mass is 482 g/mol. The van der Waals surface area contributed by atoms with Crippen LogP contribution in [0.2, 0.25) is 5.02 Å². The first kappa shape index (κ1) is 22.6. The minimum absolute atomic E-state index is 0.0263. The summed E-state index contributed by atoms with van der Waals surface area (Å²) in [5.74, 6) is -0.820. The molecule has 0 bridgehead atoms. The molecule has 1 heterocycles. The van der Waals surface area contributed by atoms with Crippen LogP contribution in [0.4, 0.5) is 18.9 Å². The van der Waals surface area contributed by atoms with Crippen LogP contribution in [0.15, 0.2) is 65.6 Å². The quantitative estimate of drug-likeness (QED) is 0.548. The average Bonchev–Trinajstić information content (AvgIpc) is 3.25. The van der Waals surface area contributed by atoms with Crippen molar-refractivity contribution in [2.75, 3.05) is 11.9 Å². The van der Waals surface area contributed by atoms with Gasteiger partial charge < -0.3 is 5.32 Å². The van der Waals surface area contributed by atoms with Gasteiger partial charge in [-0.15, -0.1) is 0 Å². The highest BCUT2D eigenvalue weighted by Gasteiger charge is 2.41. The fourth-order valence-electron chi connectivity index (χ4n) is 3.83. The molecule has 1 saturated heterocycles. The molecular formula is C22H18ClF3N2O3S. The smallest absolute Gasteiger partial charge is 0.324 e. The molecule has 1 amide bonds. The van der Waals surface area contributed by atoms with Crippen molar-refractivity contribution in [3.63, 3.8) is 0 Å². The molecule has 1 N–H and O–H groups in total. The number of amides is 1. The maximum Gasteiger partial charge on any atom is 0.418 e. The lowest BCUT2D eigenvalue weighted by Crippen LogP contribution is -2.43. The number of rotatable bonds is 4. The number of fused-ring (bicyclic) bond motifs is 1. The van der Waals surface area contributed by atoms with Crippen molar-refractivity contribution in [2.24, 2.45) is 0 Å². The van der Waals surface area contributed by atoms with Crippen LogP contribution in [-0.2, 0) is 21.0 Å². The highest BCUT2D eigenvalue weighted by Crippen LogP contribution is 2.37. The molecule has 1 atom stereocenters. The van der Waals surface area contributed by atoms with Gasteiger partial charge in [0.25, 0.3) is 0 Å². The van der Waals surface area contributed by atoms with E-state index in [1.165, 1.54) is 18.2 Å². The van der Waals surface area contributed by atoms with Crippen molar-refractivity contribution < 1.29 is 26.4 Å². The molecule has 5 nitrogen and oxygen atoms in total. The van der Waals surface area contributed by atoms with Crippen molar-refractivity contribution in [1.82, 2.24) is 4.31 Å². The lowest BCUT2D eigenvalue weighted by Gasteiger charge is -2.24. The average molecular weight is 483 g/mol. The van der Waals surface area contributed by atoms with E-state index in [9.17, 15) is 26.4 Å². The topological polar surface area (TPSA) is 66.5 Å². The Morgan fingerprint density at radius 2 is 1.75 bits per heavy atom. The molecule has 0 aliphatic carbocycles. The molecule has 4 rings (SSSR count). The van der Waals surface area contributed by atoms with Gasteiger partial charge in [0.15, 0.2) is 0 Å². The van der Waals surface area contributed by atoms with Gasteiger partial charge in [0.2, 0.25) is 15.9 Å². The maximum absolute atomic E-state index is 13.4. The maximum atomic E-state index is 13.4. The summed E-state index contributed by atoms with van der Waals surface area (Å²) in [6, 6.07) is 13.8. The number of alkyl halides is 3. The van der Waals surface area contributed by atoms with E-state index in [0.717, 1.165) is 27.2 Å². The van der Waals surface area contributed by atoms with E-state index >= 15 is 0 Å². The fraction of sp³-hybridized carbons (Fsp3) is 0.227. The van der Waals surface area contributed by atoms with Gasteiger partial charge in [-0.1, -0.05) is 41.9 Å². The van der Waals surface area contributed by atoms with Gasteiger partial charge in [-0.2, -0.15) is 17.5 Å². The standard InChI is InChI=1S/C22H18ClF3N2O3S/c23-16-8-10-19(18(13-16)22(24,25)26)27-21(29)20-6-3-11-28(20)32(30,31)17-9-7-14-4-1-2-5-15(14)12-17/h1-2,4-5,7-10,12-13,20H,3,6,11H2,(H,27,29)/t20-/m0/s1. The molecule has 0 radical (unpaired) electrons. The molecule has 0 unspecified atom stereocenters.